The van der Waals surface area contributed by atoms with Crippen molar-refractivity contribution >= 4 is 51.6 Å². The quantitative estimate of drug-likeness (QED) is 0.405. The van der Waals surface area contributed by atoms with E-state index in [1.54, 1.807) is 0 Å². The first kappa shape index (κ1) is 25.2. The smallest absolute Gasteiger partial charge is 0.303 e. The second kappa shape index (κ2) is 11.5. The Kier molecular flexibility index (Phi) is 9.32. The Morgan fingerprint density at radius 1 is 1.00 bits per heavy atom. The van der Waals surface area contributed by atoms with Gasteiger partial charge >= 0.3 is 23.9 Å². The summed E-state index contributed by atoms with van der Waals surface area (Å²) < 4.78 is 22.7. The van der Waals surface area contributed by atoms with Crippen molar-refractivity contribution in [3.8, 4) is 0 Å². The largest absolute Gasteiger partial charge is 0.481 e. The average Bonchev–Trinajstić information content (AvgIpc) is 2.65. The van der Waals surface area contributed by atoms with Gasteiger partial charge in [-0.05, 0) is 24.3 Å². The number of thioether (sulfide) groups is 1. The molecule has 1 aliphatic heterocycles. The molecule has 0 bridgehead atoms. The highest BCUT2D eigenvalue weighted by Gasteiger charge is 2.51. The minimum absolute atomic E-state index is 0.262. The Hall–Kier alpha value is -2.11. The topological polar surface area (TPSA) is 125 Å². The molecule has 0 radical (unpaired) electrons. The van der Waals surface area contributed by atoms with Crippen molar-refractivity contribution in [3.63, 3.8) is 0 Å². The molecule has 1 N–H and O–H groups in total. The first-order chi connectivity index (χ1) is 14.6. The van der Waals surface area contributed by atoms with Crippen LogP contribution in [0.1, 0.15) is 27.2 Å². The molecular weight excluding hydrogens is 496 g/mol. The molecule has 2 rings (SSSR count). The lowest BCUT2D eigenvalue weighted by Gasteiger charge is -2.44. The number of rotatable bonds is 8. The predicted octanol–water partition coefficient (Wildman–Crippen LogP) is 2.78. The molecule has 0 aliphatic carbocycles. The Morgan fingerprint density at radius 3 is 2.10 bits per heavy atom. The third-order valence-electron chi connectivity index (χ3n) is 4.30. The molecule has 0 aromatic heterocycles. The number of carbonyl (C=O) groups is 4. The summed E-state index contributed by atoms with van der Waals surface area (Å²) in [4.78, 5) is 47.2. The molecule has 0 spiro atoms. The monoisotopic (exact) mass is 518 g/mol. The van der Waals surface area contributed by atoms with Crippen LogP contribution in [0.3, 0.4) is 0 Å². The van der Waals surface area contributed by atoms with Crippen molar-refractivity contribution in [1.29, 1.82) is 0 Å². The third kappa shape index (κ3) is 7.82. The van der Waals surface area contributed by atoms with Gasteiger partial charge in [0.05, 0.1) is 6.42 Å². The normalized spacial score (nSPS) is 25.4. The number of hydrogen-bond acceptors (Lipinski definition) is 9. The molecule has 1 heterocycles. The highest BCUT2D eigenvalue weighted by molar-refractivity contribution is 9.10. The molecule has 5 unspecified atom stereocenters. The van der Waals surface area contributed by atoms with Gasteiger partial charge in [-0.1, -0.05) is 27.7 Å². The van der Waals surface area contributed by atoms with Crippen LogP contribution in [0, 0.1) is 5.92 Å². The second-order valence-electron chi connectivity index (χ2n) is 6.83. The Bertz CT molecular complexity index is 813. The van der Waals surface area contributed by atoms with Crippen molar-refractivity contribution in [2.75, 3.05) is 6.61 Å². The minimum atomic E-state index is -1.15. The molecule has 0 saturated carbocycles. The van der Waals surface area contributed by atoms with E-state index in [4.69, 9.17) is 18.9 Å². The van der Waals surface area contributed by atoms with Crippen molar-refractivity contribution in [3.05, 3.63) is 28.7 Å². The molecule has 31 heavy (non-hydrogen) atoms. The standard InChI is InChI=1S/C20H23BrO9S/c1-10(22)27-9-16-19(29-12(3)24)18(28-11(2)23)15(8-17(25)26)20(30-16)31-14-6-4-13(21)5-7-14/h4-7,15-16,18-20H,8-9H2,1-3H3,(H,25,26). The summed E-state index contributed by atoms with van der Waals surface area (Å²) in [6.07, 6.45) is -3.62. The highest BCUT2D eigenvalue weighted by Crippen LogP contribution is 2.41. The Labute approximate surface area is 191 Å². The average molecular weight is 519 g/mol. The van der Waals surface area contributed by atoms with E-state index in [0.29, 0.717) is 0 Å². The van der Waals surface area contributed by atoms with Crippen molar-refractivity contribution < 1.29 is 43.2 Å². The molecule has 0 amide bonds. The van der Waals surface area contributed by atoms with Crippen LogP contribution in [-0.2, 0) is 38.1 Å². The summed E-state index contributed by atoms with van der Waals surface area (Å²) in [6, 6.07) is 7.27. The molecule has 9 nitrogen and oxygen atoms in total. The number of carboxylic acid groups (broad SMARTS) is 1. The van der Waals surface area contributed by atoms with Gasteiger partial charge in [0.15, 0.2) is 6.10 Å². The number of aliphatic carboxylic acids is 1. The van der Waals surface area contributed by atoms with Gasteiger partial charge in [-0.3, -0.25) is 19.2 Å². The van der Waals surface area contributed by atoms with Crippen LogP contribution in [-0.4, -0.2) is 59.3 Å². The summed E-state index contributed by atoms with van der Waals surface area (Å²) in [7, 11) is 0. The van der Waals surface area contributed by atoms with Crippen LogP contribution >= 0.6 is 27.7 Å². The van der Waals surface area contributed by atoms with Crippen LogP contribution in [0.5, 0.6) is 0 Å². The molecule has 1 saturated heterocycles. The van der Waals surface area contributed by atoms with E-state index in [-0.39, 0.29) is 6.61 Å². The molecular formula is C20H23BrO9S. The summed E-state index contributed by atoms with van der Waals surface area (Å²) in [5.74, 6) is -3.89. The van der Waals surface area contributed by atoms with Gasteiger partial charge in [-0.25, -0.2) is 0 Å². The lowest BCUT2D eigenvalue weighted by molar-refractivity contribution is -0.221. The van der Waals surface area contributed by atoms with Crippen molar-refractivity contribution in [1.82, 2.24) is 0 Å². The Morgan fingerprint density at radius 2 is 1.58 bits per heavy atom. The van der Waals surface area contributed by atoms with Gasteiger partial charge in [-0.15, -0.1) is 0 Å². The van der Waals surface area contributed by atoms with E-state index >= 15 is 0 Å². The maximum Gasteiger partial charge on any atom is 0.303 e. The molecule has 11 heteroatoms. The van der Waals surface area contributed by atoms with Gasteiger partial charge < -0.3 is 24.1 Å². The summed E-state index contributed by atoms with van der Waals surface area (Å²) >= 11 is 4.59. The van der Waals surface area contributed by atoms with E-state index < -0.39 is 60.0 Å². The Balaban J connectivity index is 2.43. The number of carboxylic acids is 1. The van der Waals surface area contributed by atoms with Gasteiger partial charge in [0.25, 0.3) is 0 Å². The summed E-state index contributed by atoms with van der Waals surface area (Å²) in [6.45, 7) is 3.30. The number of carbonyl (C=O) groups excluding carboxylic acids is 3. The van der Waals surface area contributed by atoms with E-state index in [0.717, 1.165) is 9.37 Å². The highest BCUT2D eigenvalue weighted by atomic mass is 79.9. The number of ether oxygens (including phenoxy) is 4. The zero-order valence-electron chi connectivity index (χ0n) is 17.1. The number of esters is 3. The van der Waals surface area contributed by atoms with Crippen LogP contribution < -0.4 is 0 Å². The lowest BCUT2D eigenvalue weighted by atomic mass is 9.89. The van der Waals surface area contributed by atoms with E-state index in [1.807, 2.05) is 24.3 Å². The zero-order valence-corrected chi connectivity index (χ0v) is 19.5. The molecule has 1 aromatic rings. The van der Waals surface area contributed by atoms with Crippen LogP contribution in [0.25, 0.3) is 0 Å². The van der Waals surface area contributed by atoms with Crippen LogP contribution in [0.4, 0.5) is 0 Å². The van der Waals surface area contributed by atoms with Gasteiger partial charge in [0.1, 0.15) is 24.3 Å². The second-order valence-corrected chi connectivity index (χ2v) is 8.91. The molecule has 170 valence electrons. The lowest BCUT2D eigenvalue weighted by Crippen LogP contribution is -2.58. The number of benzene rings is 1. The van der Waals surface area contributed by atoms with Crippen LogP contribution in [0.15, 0.2) is 33.6 Å². The first-order valence-electron chi connectivity index (χ1n) is 9.34. The fraction of sp³-hybridized carbons (Fsp3) is 0.500. The minimum Gasteiger partial charge on any atom is -0.481 e. The van der Waals surface area contributed by atoms with Gasteiger partial charge in [0, 0.05) is 36.1 Å². The predicted molar refractivity (Wildman–Crippen MR) is 112 cm³/mol. The fourth-order valence-electron chi connectivity index (χ4n) is 3.15. The molecule has 1 aromatic carbocycles. The number of halogens is 1. The van der Waals surface area contributed by atoms with Crippen molar-refractivity contribution in [2.24, 2.45) is 5.92 Å². The molecule has 1 aliphatic rings. The van der Waals surface area contributed by atoms with Crippen molar-refractivity contribution in [2.45, 2.75) is 55.8 Å². The fourth-order valence-corrected chi connectivity index (χ4v) is 4.60. The first-order valence-corrected chi connectivity index (χ1v) is 11.0. The van der Waals surface area contributed by atoms with E-state index in [9.17, 15) is 24.3 Å². The summed E-state index contributed by atoms with van der Waals surface area (Å²) in [5, 5.41) is 9.46. The number of hydrogen-bond donors (Lipinski definition) is 1. The van der Waals surface area contributed by atoms with E-state index in [1.165, 1.54) is 32.5 Å². The van der Waals surface area contributed by atoms with Gasteiger partial charge in [0.2, 0.25) is 0 Å². The van der Waals surface area contributed by atoms with E-state index in [2.05, 4.69) is 15.9 Å². The maximum absolute atomic E-state index is 11.8. The molecule has 1 fully saturated rings. The zero-order chi connectivity index (χ0) is 23.1. The van der Waals surface area contributed by atoms with Crippen LogP contribution in [0.2, 0.25) is 0 Å². The SMILES string of the molecule is CC(=O)OCC1OC(Sc2ccc(Br)cc2)C(CC(=O)O)C(OC(C)=O)C1OC(C)=O. The van der Waals surface area contributed by atoms with Gasteiger partial charge in [-0.2, -0.15) is 0 Å². The maximum atomic E-state index is 11.8. The molecule has 5 atom stereocenters. The third-order valence-corrected chi connectivity index (χ3v) is 6.07. The summed E-state index contributed by atoms with van der Waals surface area (Å²) in [5.41, 5.74) is -0.783.